The van der Waals surface area contributed by atoms with Crippen LogP contribution in [0.2, 0.25) is 0 Å². The molecule has 7 rings (SSSR count). The molecule has 3 saturated heterocycles. The van der Waals surface area contributed by atoms with Crippen molar-refractivity contribution in [2.24, 2.45) is 0 Å². The summed E-state index contributed by atoms with van der Waals surface area (Å²) in [6.45, 7) is 8.10. The highest BCUT2D eigenvalue weighted by atomic mass is 19.1. The molecule has 1 aliphatic carbocycles. The van der Waals surface area contributed by atoms with Gasteiger partial charge in [0, 0.05) is 63.5 Å². The van der Waals surface area contributed by atoms with Gasteiger partial charge in [0.05, 0.1) is 28.3 Å². The molecule has 13 heteroatoms. The average molecular weight is 719 g/mol. The summed E-state index contributed by atoms with van der Waals surface area (Å²) in [4.78, 5) is 30.4. The summed E-state index contributed by atoms with van der Waals surface area (Å²) < 4.78 is 59.0. The van der Waals surface area contributed by atoms with Crippen LogP contribution in [0.5, 0.6) is 6.01 Å². The second kappa shape index (κ2) is 15.0. The molecule has 3 fully saturated rings. The number of hydrogen-bond donors (Lipinski definition) is 2. The number of aliphatic hydroxyl groups excluding tert-OH is 1. The number of nitrogens with one attached hydrogen (secondary N) is 1. The highest BCUT2D eigenvalue weighted by Gasteiger charge is 2.46. The highest BCUT2D eigenvalue weighted by Crippen LogP contribution is 2.42. The third-order valence-corrected chi connectivity index (χ3v) is 11.1. The standard InChI is InChI=1S/C39H45F3N6O4/c1-4-28-31(41)10-9-23-16-27(49)17-29(33(23)28)35-34(42)36-30(19-43-35)37(47-13-7-6-8-25(21-47)44-32(50)5-2)46-38(45-36)52-22-39(3)18-24(40)20-48(39)26-11-14-51-15-12-26/h1,5,9-10,19,24-27,29,49H,2,6-8,11-18,20-22H2,3H3,(H,44,50)/t24-,25?,27+,29+,39+/m1/s1. The number of terminal acetylenes is 1. The number of carbonyl (C=O) groups excluding carboxylic acids is 1. The number of amides is 1. The van der Waals surface area contributed by atoms with Crippen molar-refractivity contribution in [3.05, 3.63) is 65.0 Å². The van der Waals surface area contributed by atoms with Crippen LogP contribution in [-0.2, 0) is 16.0 Å². The number of nitrogens with zero attached hydrogens (tertiary/aromatic N) is 5. The molecule has 0 spiro atoms. The monoisotopic (exact) mass is 718 g/mol. The Labute approximate surface area is 301 Å². The first kappa shape index (κ1) is 36.1. The van der Waals surface area contributed by atoms with Crippen LogP contribution >= 0.6 is 0 Å². The van der Waals surface area contributed by atoms with Crippen LogP contribution < -0.4 is 15.0 Å². The fourth-order valence-corrected chi connectivity index (χ4v) is 8.67. The lowest BCUT2D eigenvalue weighted by atomic mass is 9.77. The van der Waals surface area contributed by atoms with E-state index in [-0.39, 0.29) is 66.6 Å². The van der Waals surface area contributed by atoms with Gasteiger partial charge in [-0.2, -0.15) is 9.97 Å². The maximum absolute atomic E-state index is 17.1. The summed E-state index contributed by atoms with van der Waals surface area (Å²) in [5, 5.41) is 14.1. The molecule has 4 aliphatic rings. The lowest BCUT2D eigenvalue weighted by Crippen LogP contribution is -2.52. The van der Waals surface area contributed by atoms with Gasteiger partial charge < -0.3 is 24.8 Å². The van der Waals surface area contributed by atoms with Crippen LogP contribution in [-0.4, -0.2) is 100 Å². The lowest BCUT2D eigenvalue weighted by molar-refractivity contribution is -0.117. The van der Waals surface area contributed by atoms with E-state index >= 15 is 8.78 Å². The minimum absolute atomic E-state index is 0.0188. The van der Waals surface area contributed by atoms with E-state index in [9.17, 15) is 14.3 Å². The number of halogens is 3. The van der Waals surface area contributed by atoms with Gasteiger partial charge in [-0.25, -0.2) is 13.2 Å². The SMILES string of the molecule is C#Cc1c(F)ccc2c1[C@@H](c1ncc3c(N4CCCCC(NC(=O)C=C)C4)nc(OC[C@]4(C)C[C@@H](F)CN4C4CCOCC4)nc3c1F)C[C@@H](O)C2. The molecule has 1 amide bonds. The van der Waals surface area contributed by atoms with E-state index in [0.717, 1.165) is 32.1 Å². The summed E-state index contributed by atoms with van der Waals surface area (Å²) in [6, 6.07) is 2.69. The third-order valence-electron chi connectivity index (χ3n) is 11.1. The van der Waals surface area contributed by atoms with Crippen LogP contribution in [0, 0.1) is 24.0 Å². The highest BCUT2D eigenvalue weighted by molar-refractivity contribution is 5.90. The molecule has 0 bridgehead atoms. The average Bonchev–Trinajstić information content (AvgIpc) is 3.27. The number of ether oxygens (including phenoxy) is 2. The second-order valence-electron chi connectivity index (χ2n) is 14.8. The molecular weight excluding hydrogens is 673 g/mol. The van der Waals surface area contributed by atoms with Crippen LogP contribution in [0.3, 0.4) is 0 Å². The van der Waals surface area contributed by atoms with Crippen molar-refractivity contribution < 1.29 is 32.5 Å². The van der Waals surface area contributed by atoms with E-state index in [2.05, 4.69) is 32.7 Å². The van der Waals surface area contributed by atoms with Crippen LogP contribution in [0.25, 0.3) is 10.9 Å². The van der Waals surface area contributed by atoms with Crippen LogP contribution in [0.1, 0.15) is 80.2 Å². The summed E-state index contributed by atoms with van der Waals surface area (Å²) in [5.41, 5.74) is 0.343. The molecule has 5 heterocycles. The van der Waals surface area contributed by atoms with Gasteiger partial charge in [0.15, 0.2) is 5.82 Å². The van der Waals surface area contributed by atoms with E-state index in [1.807, 2.05) is 11.8 Å². The molecule has 276 valence electrons. The van der Waals surface area contributed by atoms with E-state index in [0.29, 0.717) is 55.2 Å². The minimum Gasteiger partial charge on any atom is -0.461 e. The van der Waals surface area contributed by atoms with Gasteiger partial charge in [-0.05, 0) is 75.1 Å². The molecule has 0 saturated carbocycles. The molecule has 1 unspecified atom stereocenters. The number of pyridine rings is 1. The number of benzene rings is 1. The van der Waals surface area contributed by atoms with Crippen molar-refractivity contribution in [1.29, 1.82) is 0 Å². The topological polar surface area (TPSA) is 113 Å². The predicted molar refractivity (Wildman–Crippen MR) is 190 cm³/mol. The Hall–Kier alpha value is -4.25. The molecular formula is C39H45F3N6O4. The summed E-state index contributed by atoms with van der Waals surface area (Å²) in [6.07, 6.45) is 11.2. The Bertz CT molecular complexity index is 1880. The number of aromatic nitrogens is 3. The van der Waals surface area contributed by atoms with Gasteiger partial charge >= 0.3 is 6.01 Å². The van der Waals surface area contributed by atoms with Crippen molar-refractivity contribution in [2.45, 2.75) is 94.1 Å². The number of likely N-dealkylation sites (tertiary alicyclic amines) is 1. The van der Waals surface area contributed by atoms with Gasteiger partial charge in [-0.1, -0.05) is 18.6 Å². The van der Waals surface area contributed by atoms with Crippen molar-refractivity contribution in [2.75, 3.05) is 44.4 Å². The molecule has 3 aromatic rings. The molecule has 0 radical (unpaired) electrons. The zero-order chi connectivity index (χ0) is 36.6. The molecule has 2 aromatic heterocycles. The van der Waals surface area contributed by atoms with Crippen molar-refractivity contribution >= 4 is 22.6 Å². The normalized spacial score (nSPS) is 27.1. The van der Waals surface area contributed by atoms with E-state index in [1.165, 1.54) is 18.3 Å². The minimum atomic E-state index is -1.03. The number of fused-ring (bicyclic) bond motifs is 2. The Kier molecular flexibility index (Phi) is 10.4. The number of alkyl halides is 1. The van der Waals surface area contributed by atoms with Crippen molar-refractivity contribution in [3.63, 3.8) is 0 Å². The summed E-state index contributed by atoms with van der Waals surface area (Å²) in [5.74, 6) is 0.332. The van der Waals surface area contributed by atoms with Gasteiger partial charge in [-0.15, -0.1) is 6.42 Å². The number of aliphatic hydroxyl groups is 1. The van der Waals surface area contributed by atoms with Gasteiger partial charge in [0.2, 0.25) is 5.91 Å². The number of rotatable bonds is 8. The van der Waals surface area contributed by atoms with E-state index in [4.69, 9.17) is 20.9 Å². The molecule has 1 aromatic carbocycles. The lowest BCUT2D eigenvalue weighted by Gasteiger charge is -2.41. The van der Waals surface area contributed by atoms with Crippen LogP contribution in [0.15, 0.2) is 31.0 Å². The number of carbonyl (C=O) groups is 1. The molecule has 3 aliphatic heterocycles. The zero-order valence-corrected chi connectivity index (χ0v) is 29.4. The fourth-order valence-electron chi connectivity index (χ4n) is 8.67. The molecule has 2 N–H and O–H groups in total. The van der Waals surface area contributed by atoms with Gasteiger partial charge in [-0.3, -0.25) is 14.7 Å². The molecule has 10 nitrogen and oxygen atoms in total. The van der Waals surface area contributed by atoms with Gasteiger partial charge in [0.1, 0.15) is 29.9 Å². The first-order valence-corrected chi connectivity index (χ1v) is 18.2. The summed E-state index contributed by atoms with van der Waals surface area (Å²) >= 11 is 0. The maximum atomic E-state index is 17.1. The second-order valence-corrected chi connectivity index (χ2v) is 14.8. The van der Waals surface area contributed by atoms with Gasteiger partial charge in [0.25, 0.3) is 0 Å². The Morgan fingerprint density at radius 3 is 2.81 bits per heavy atom. The Balaban J connectivity index is 1.30. The Morgan fingerprint density at radius 1 is 1.23 bits per heavy atom. The third kappa shape index (κ3) is 7.08. The first-order chi connectivity index (χ1) is 25.1. The largest absolute Gasteiger partial charge is 0.461 e. The smallest absolute Gasteiger partial charge is 0.319 e. The molecule has 5 atom stereocenters. The summed E-state index contributed by atoms with van der Waals surface area (Å²) in [7, 11) is 0. The van der Waals surface area contributed by atoms with E-state index < -0.39 is 35.4 Å². The maximum Gasteiger partial charge on any atom is 0.319 e. The zero-order valence-electron chi connectivity index (χ0n) is 29.4. The van der Waals surface area contributed by atoms with Crippen LogP contribution in [0.4, 0.5) is 19.0 Å². The quantitative estimate of drug-likeness (QED) is 0.252. The fraction of sp³-hybridized carbons (Fsp3) is 0.538. The van der Waals surface area contributed by atoms with Crippen molar-refractivity contribution in [1.82, 2.24) is 25.2 Å². The first-order valence-electron chi connectivity index (χ1n) is 18.2. The van der Waals surface area contributed by atoms with Crippen molar-refractivity contribution in [3.8, 4) is 18.4 Å². The van der Waals surface area contributed by atoms with E-state index in [1.54, 1.807) is 6.07 Å². The predicted octanol–water partition coefficient (Wildman–Crippen LogP) is 4.74. The Morgan fingerprint density at radius 2 is 2.04 bits per heavy atom. The number of hydrogen-bond acceptors (Lipinski definition) is 9. The molecule has 52 heavy (non-hydrogen) atoms. The number of anilines is 1.